The summed E-state index contributed by atoms with van der Waals surface area (Å²) in [6, 6.07) is 8.41. The fourth-order valence-electron chi connectivity index (χ4n) is 1.91. The van der Waals surface area contributed by atoms with Gasteiger partial charge in [0.25, 0.3) is 5.02 Å². The Morgan fingerprint density at radius 3 is 2.10 bits per heavy atom. The van der Waals surface area contributed by atoms with Gasteiger partial charge in [-0.2, -0.15) is 0 Å². The minimum absolute atomic E-state index is 0.190. The maximum Gasteiger partial charge on any atom is 0.365 e. The molecule has 1 aromatic rings. The Kier molecular flexibility index (Phi) is 3.92. The van der Waals surface area contributed by atoms with Crippen LogP contribution in [0.3, 0.4) is 0 Å². The Balaban J connectivity index is 2.44. The maximum atomic E-state index is 11.6. The molecule has 1 aliphatic heterocycles. The molecular weight excluding hydrogens is 308 g/mol. The van der Waals surface area contributed by atoms with E-state index < -0.39 is 20.2 Å². The normalized spacial score (nSPS) is 19.0. The molecular formula is C10H13NO7P2. The first-order valence-electron chi connectivity index (χ1n) is 5.46. The fraction of sp³-hybridized carbons (Fsp3) is 0.200. The van der Waals surface area contributed by atoms with Gasteiger partial charge in [-0.05, 0) is 5.56 Å². The highest BCUT2D eigenvalue weighted by Gasteiger charge is 2.66. The predicted molar refractivity (Wildman–Crippen MR) is 69.0 cm³/mol. The van der Waals surface area contributed by atoms with E-state index in [4.69, 9.17) is 4.84 Å². The standard InChI is InChI=1S/C10H13NO7P2/c12-19(13,14)10(20(15,16)17)6-7-18-11(10)8-9-4-2-1-3-5-9/h1-7H,8H2,(H2,12,13,14)(H2,15,16,17). The van der Waals surface area contributed by atoms with Crippen LogP contribution in [0, 0.1) is 0 Å². The van der Waals surface area contributed by atoms with Crippen molar-refractivity contribution in [3.63, 3.8) is 0 Å². The third-order valence-corrected chi connectivity index (χ3v) is 6.90. The third-order valence-electron chi connectivity index (χ3n) is 2.87. The topological polar surface area (TPSA) is 128 Å². The van der Waals surface area contributed by atoms with E-state index in [-0.39, 0.29) is 6.54 Å². The average molecular weight is 321 g/mol. The van der Waals surface area contributed by atoms with Gasteiger partial charge in [0.15, 0.2) is 0 Å². The summed E-state index contributed by atoms with van der Waals surface area (Å²) >= 11 is 0. The molecule has 1 aromatic carbocycles. The lowest BCUT2D eigenvalue weighted by molar-refractivity contribution is -0.113. The summed E-state index contributed by atoms with van der Waals surface area (Å²) in [6.45, 7) is -0.190. The van der Waals surface area contributed by atoms with Gasteiger partial charge in [0.1, 0.15) is 6.26 Å². The average Bonchev–Trinajstić information content (AvgIpc) is 2.74. The number of hydroxylamine groups is 2. The van der Waals surface area contributed by atoms with E-state index in [1.165, 1.54) is 0 Å². The van der Waals surface area contributed by atoms with E-state index in [1.54, 1.807) is 30.3 Å². The highest BCUT2D eigenvalue weighted by Crippen LogP contribution is 2.72. The quantitative estimate of drug-likeness (QED) is 0.604. The second-order valence-electron chi connectivity index (χ2n) is 4.21. The van der Waals surface area contributed by atoms with Crippen LogP contribution in [0.4, 0.5) is 0 Å². The number of hydrogen-bond donors (Lipinski definition) is 4. The molecule has 0 saturated carbocycles. The van der Waals surface area contributed by atoms with Gasteiger partial charge < -0.3 is 24.4 Å². The van der Waals surface area contributed by atoms with Crippen molar-refractivity contribution < 1.29 is 33.5 Å². The zero-order chi connectivity index (χ0) is 15.0. The molecule has 0 amide bonds. The highest BCUT2D eigenvalue weighted by atomic mass is 31.2. The summed E-state index contributed by atoms with van der Waals surface area (Å²) in [5, 5.41) is -2.18. The molecule has 1 aliphatic rings. The monoisotopic (exact) mass is 321 g/mol. The number of benzene rings is 1. The molecule has 0 radical (unpaired) electrons. The van der Waals surface area contributed by atoms with Gasteiger partial charge in [0.2, 0.25) is 0 Å². The zero-order valence-corrected chi connectivity index (χ0v) is 11.9. The molecule has 0 aliphatic carbocycles. The Labute approximate surface area is 114 Å². The summed E-state index contributed by atoms with van der Waals surface area (Å²) in [6.07, 6.45) is 1.57. The summed E-state index contributed by atoms with van der Waals surface area (Å²) in [5.74, 6) is 0. The van der Waals surface area contributed by atoms with Crippen LogP contribution in [0.15, 0.2) is 42.7 Å². The molecule has 0 saturated heterocycles. The highest BCUT2D eigenvalue weighted by molar-refractivity contribution is 7.72. The summed E-state index contributed by atoms with van der Waals surface area (Å²) in [4.78, 5) is 42.5. The predicted octanol–water partition coefficient (Wildman–Crippen LogP) is 0.957. The molecule has 0 fully saturated rings. The van der Waals surface area contributed by atoms with Crippen LogP contribution in [0.5, 0.6) is 0 Å². The van der Waals surface area contributed by atoms with Crippen molar-refractivity contribution >= 4 is 15.2 Å². The number of nitrogens with zero attached hydrogens (tertiary/aromatic N) is 1. The second kappa shape index (κ2) is 5.09. The molecule has 4 N–H and O–H groups in total. The molecule has 10 heteroatoms. The first-order chi connectivity index (χ1) is 9.18. The second-order valence-corrected chi connectivity index (χ2v) is 8.10. The Hall–Kier alpha value is -0.980. The van der Waals surface area contributed by atoms with E-state index in [0.717, 1.165) is 6.26 Å². The van der Waals surface area contributed by atoms with E-state index in [1.807, 2.05) is 0 Å². The van der Waals surface area contributed by atoms with Gasteiger partial charge in [-0.1, -0.05) is 30.3 Å². The lowest BCUT2D eigenvalue weighted by Gasteiger charge is -2.35. The number of hydrogen-bond acceptors (Lipinski definition) is 4. The van der Waals surface area contributed by atoms with Gasteiger partial charge >= 0.3 is 15.2 Å². The van der Waals surface area contributed by atoms with Crippen molar-refractivity contribution in [2.45, 2.75) is 11.6 Å². The first kappa shape index (κ1) is 15.4. The van der Waals surface area contributed by atoms with Gasteiger partial charge in [-0.3, -0.25) is 9.13 Å². The lowest BCUT2D eigenvalue weighted by atomic mass is 10.2. The van der Waals surface area contributed by atoms with Crippen LogP contribution in [0.2, 0.25) is 0 Å². The van der Waals surface area contributed by atoms with Crippen LogP contribution in [0.25, 0.3) is 0 Å². The van der Waals surface area contributed by atoms with Crippen molar-refractivity contribution in [2.75, 3.05) is 0 Å². The minimum atomic E-state index is -5.21. The summed E-state index contributed by atoms with van der Waals surface area (Å²) in [5.41, 5.74) is 0.586. The molecule has 0 bridgehead atoms. The SMILES string of the molecule is O=P(O)(O)C1(P(=O)(O)O)C=CON1Cc1ccccc1. The molecule has 0 atom stereocenters. The largest absolute Gasteiger partial charge is 0.412 e. The van der Waals surface area contributed by atoms with Crippen LogP contribution < -0.4 is 0 Å². The van der Waals surface area contributed by atoms with Crippen LogP contribution in [-0.2, 0) is 20.5 Å². The number of rotatable bonds is 4. The Morgan fingerprint density at radius 1 is 1.05 bits per heavy atom. The summed E-state index contributed by atoms with van der Waals surface area (Å²) < 4.78 is 23.3. The Bertz CT molecular complexity index is 583. The molecule has 8 nitrogen and oxygen atoms in total. The van der Waals surface area contributed by atoms with Crippen molar-refractivity contribution in [1.29, 1.82) is 0 Å². The lowest BCUT2D eigenvalue weighted by Crippen LogP contribution is -2.42. The third kappa shape index (κ3) is 2.47. The molecule has 0 unspecified atom stereocenters. The van der Waals surface area contributed by atoms with Crippen molar-refractivity contribution in [2.24, 2.45) is 0 Å². The zero-order valence-electron chi connectivity index (χ0n) is 10.1. The molecule has 0 aromatic heterocycles. The molecule has 2 rings (SSSR count). The van der Waals surface area contributed by atoms with Crippen LogP contribution in [0.1, 0.15) is 5.56 Å². The van der Waals surface area contributed by atoms with Crippen LogP contribution in [-0.4, -0.2) is 29.7 Å². The molecule has 20 heavy (non-hydrogen) atoms. The van der Waals surface area contributed by atoms with Crippen molar-refractivity contribution in [1.82, 2.24) is 5.06 Å². The summed E-state index contributed by atoms with van der Waals surface area (Å²) in [7, 11) is -10.4. The van der Waals surface area contributed by atoms with Crippen molar-refractivity contribution in [3.8, 4) is 0 Å². The molecule has 110 valence electrons. The smallest absolute Gasteiger partial charge is 0.365 e. The van der Waals surface area contributed by atoms with Gasteiger partial charge in [-0.15, -0.1) is 5.06 Å². The van der Waals surface area contributed by atoms with E-state index >= 15 is 0 Å². The van der Waals surface area contributed by atoms with E-state index in [2.05, 4.69) is 0 Å². The van der Waals surface area contributed by atoms with Gasteiger partial charge in [0.05, 0.1) is 6.54 Å². The van der Waals surface area contributed by atoms with Crippen molar-refractivity contribution in [3.05, 3.63) is 48.2 Å². The maximum absolute atomic E-state index is 11.6. The molecule has 0 spiro atoms. The minimum Gasteiger partial charge on any atom is -0.412 e. The fourth-order valence-corrected chi connectivity index (χ4v) is 4.60. The Morgan fingerprint density at radius 2 is 1.60 bits per heavy atom. The van der Waals surface area contributed by atoms with E-state index in [0.29, 0.717) is 16.7 Å². The van der Waals surface area contributed by atoms with Gasteiger partial charge in [0, 0.05) is 6.08 Å². The van der Waals surface area contributed by atoms with Crippen LogP contribution >= 0.6 is 15.2 Å². The molecule has 1 heterocycles. The van der Waals surface area contributed by atoms with E-state index in [9.17, 15) is 28.7 Å². The van der Waals surface area contributed by atoms with Gasteiger partial charge in [-0.25, -0.2) is 0 Å². The first-order valence-corrected chi connectivity index (χ1v) is 8.68.